The summed E-state index contributed by atoms with van der Waals surface area (Å²) in [5, 5.41) is 8.98. The van der Waals surface area contributed by atoms with Crippen molar-refractivity contribution in [2.45, 2.75) is 12.6 Å². The number of nitrogens with zero attached hydrogens (tertiary/aromatic N) is 1. The topological polar surface area (TPSA) is 104 Å². The summed E-state index contributed by atoms with van der Waals surface area (Å²) >= 11 is 0. The van der Waals surface area contributed by atoms with Gasteiger partial charge in [-0.25, -0.2) is 8.42 Å². The molecular weight excluding hydrogens is 377 g/mol. The molecule has 0 aliphatic carbocycles. The van der Waals surface area contributed by atoms with E-state index >= 15 is 0 Å². The summed E-state index contributed by atoms with van der Waals surface area (Å²) in [4.78, 5) is 24.2. The molecule has 26 heavy (non-hydrogen) atoms. The molecule has 1 aromatic rings. The van der Waals surface area contributed by atoms with E-state index in [4.69, 9.17) is 5.11 Å². The Morgan fingerprint density at radius 2 is 1.96 bits per heavy atom. The van der Waals surface area contributed by atoms with Crippen molar-refractivity contribution in [3.63, 3.8) is 0 Å². The van der Waals surface area contributed by atoms with Crippen LogP contribution in [0, 0.1) is 11.8 Å². The van der Waals surface area contributed by atoms with E-state index in [2.05, 4.69) is 4.72 Å². The number of hydrogen-bond acceptors (Lipinski definition) is 4. The minimum absolute atomic E-state index is 0.218. The summed E-state index contributed by atoms with van der Waals surface area (Å²) in [5.41, 5.74) is 0.613. The van der Waals surface area contributed by atoms with E-state index < -0.39 is 53.0 Å². The fraction of sp³-hybridized carbons (Fsp3) is 0.467. The first-order valence-electron chi connectivity index (χ1n) is 7.51. The first-order chi connectivity index (χ1) is 11.9. The quantitative estimate of drug-likeness (QED) is 0.784. The number of halogens is 3. The van der Waals surface area contributed by atoms with Gasteiger partial charge in [0.05, 0.1) is 24.5 Å². The number of nitrogens with one attached hydrogen (secondary N) is 1. The summed E-state index contributed by atoms with van der Waals surface area (Å²) in [5.74, 6) is -6.05. The van der Waals surface area contributed by atoms with Crippen molar-refractivity contribution in [3.05, 3.63) is 29.8 Å². The van der Waals surface area contributed by atoms with Crippen LogP contribution in [0.15, 0.2) is 24.3 Å². The lowest BCUT2D eigenvalue weighted by Gasteiger charge is -2.18. The number of carbonyl (C=O) groups excluding carboxylic acids is 1. The van der Waals surface area contributed by atoms with Crippen molar-refractivity contribution in [1.82, 2.24) is 4.90 Å². The van der Waals surface area contributed by atoms with Gasteiger partial charge in [0.2, 0.25) is 15.9 Å². The standard InChI is InChI=1S/C15H17F3N2O5S/c1-26(24,25)19-10-4-2-3-9(5-10)6-13(21)20-7-11(14(22)23)12(8-20)15(16,17)18/h2-5,11-12,19H,6-8H2,1H3,(H,22,23)/t11-,12-/m1/s1. The molecule has 11 heteroatoms. The molecule has 2 N–H and O–H groups in total. The van der Waals surface area contributed by atoms with Crippen molar-refractivity contribution in [1.29, 1.82) is 0 Å². The van der Waals surface area contributed by atoms with Crippen molar-refractivity contribution < 1.29 is 36.3 Å². The van der Waals surface area contributed by atoms with Crippen molar-refractivity contribution in [2.24, 2.45) is 11.8 Å². The third-order valence-corrected chi connectivity index (χ3v) is 4.60. The van der Waals surface area contributed by atoms with Gasteiger partial charge in [0.25, 0.3) is 0 Å². The van der Waals surface area contributed by atoms with Gasteiger partial charge in [-0.2, -0.15) is 13.2 Å². The second-order valence-corrected chi connectivity index (χ2v) is 7.89. The molecule has 1 heterocycles. The van der Waals surface area contributed by atoms with E-state index in [1.165, 1.54) is 24.3 Å². The highest BCUT2D eigenvalue weighted by Crippen LogP contribution is 2.37. The molecule has 1 aliphatic rings. The smallest absolute Gasteiger partial charge is 0.394 e. The molecule has 0 bridgehead atoms. The van der Waals surface area contributed by atoms with Crippen LogP contribution in [-0.2, 0) is 26.0 Å². The molecule has 1 aromatic carbocycles. The fourth-order valence-corrected chi connectivity index (χ4v) is 3.39. The molecule has 7 nitrogen and oxygen atoms in total. The highest BCUT2D eigenvalue weighted by Gasteiger charge is 2.53. The molecule has 144 valence electrons. The molecule has 0 aromatic heterocycles. The number of benzene rings is 1. The Labute approximate surface area is 147 Å². The van der Waals surface area contributed by atoms with E-state index in [1.807, 2.05) is 0 Å². The van der Waals surface area contributed by atoms with Crippen molar-refractivity contribution >= 4 is 27.6 Å². The third kappa shape index (κ3) is 5.10. The Balaban J connectivity index is 2.11. The zero-order valence-corrected chi connectivity index (χ0v) is 14.5. The molecule has 0 spiro atoms. The molecule has 1 amide bonds. The number of aliphatic carboxylic acids is 1. The van der Waals surface area contributed by atoms with Gasteiger partial charge in [-0.05, 0) is 17.7 Å². The largest absolute Gasteiger partial charge is 0.481 e. The predicted octanol–water partition coefficient (Wildman–Crippen LogP) is 1.32. The van der Waals surface area contributed by atoms with Gasteiger partial charge >= 0.3 is 12.1 Å². The number of carbonyl (C=O) groups is 2. The molecule has 0 saturated carbocycles. The summed E-state index contributed by atoms with van der Waals surface area (Å²) in [6.07, 6.45) is -4.02. The van der Waals surface area contributed by atoms with Gasteiger partial charge in [-0.3, -0.25) is 14.3 Å². The number of likely N-dealkylation sites (tertiary alicyclic amines) is 1. The normalized spacial score (nSPS) is 20.8. The maximum absolute atomic E-state index is 13.0. The van der Waals surface area contributed by atoms with Crippen LogP contribution in [0.1, 0.15) is 5.56 Å². The maximum atomic E-state index is 13.0. The van der Waals surface area contributed by atoms with Crippen molar-refractivity contribution in [3.8, 4) is 0 Å². The van der Waals surface area contributed by atoms with Gasteiger partial charge < -0.3 is 10.0 Å². The second kappa shape index (κ2) is 7.14. The van der Waals surface area contributed by atoms with Crippen LogP contribution < -0.4 is 4.72 Å². The van der Waals surface area contributed by atoms with Gasteiger partial charge in [-0.15, -0.1) is 0 Å². The minimum Gasteiger partial charge on any atom is -0.481 e. The first kappa shape index (κ1) is 20.0. The number of rotatable bonds is 5. The van der Waals surface area contributed by atoms with Crippen LogP contribution in [-0.4, -0.2) is 55.8 Å². The molecular formula is C15H17F3N2O5S. The third-order valence-electron chi connectivity index (χ3n) is 4.00. The Morgan fingerprint density at radius 1 is 1.31 bits per heavy atom. The maximum Gasteiger partial charge on any atom is 0.394 e. The zero-order valence-electron chi connectivity index (χ0n) is 13.7. The van der Waals surface area contributed by atoms with E-state index in [9.17, 15) is 31.2 Å². The molecule has 2 rings (SSSR count). The lowest BCUT2D eigenvalue weighted by atomic mass is 9.96. The van der Waals surface area contributed by atoms with Crippen LogP contribution >= 0.6 is 0 Å². The van der Waals surface area contributed by atoms with Crippen LogP contribution in [0.5, 0.6) is 0 Å². The summed E-state index contributed by atoms with van der Waals surface area (Å²) in [6, 6.07) is 5.88. The number of carboxylic acid groups (broad SMARTS) is 1. The summed E-state index contributed by atoms with van der Waals surface area (Å²) in [6.45, 7) is -1.22. The monoisotopic (exact) mass is 394 g/mol. The number of hydrogen-bond donors (Lipinski definition) is 2. The van der Waals surface area contributed by atoms with Crippen LogP contribution in [0.4, 0.5) is 18.9 Å². The molecule has 2 atom stereocenters. The van der Waals surface area contributed by atoms with Gasteiger partial charge in [0.1, 0.15) is 0 Å². The number of anilines is 1. The van der Waals surface area contributed by atoms with Crippen molar-refractivity contribution in [2.75, 3.05) is 24.1 Å². The summed E-state index contributed by atoms with van der Waals surface area (Å²) in [7, 11) is -3.51. The average molecular weight is 394 g/mol. The molecule has 1 aliphatic heterocycles. The average Bonchev–Trinajstić information content (AvgIpc) is 2.91. The Morgan fingerprint density at radius 3 is 2.46 bits per heavy atom. The highest BCUT2D eigenvalue weighted by atomic mass is 32.2. The predicted molar refractivity (Wildman–Crippen MR) is 85.9 cm³/mol. The SMILES string of the molecule is CS(=O)(=O)Nc1cccc(CC(=O)N2C[C@@H](C(F)(F)F)[C@H](C(=O)O)C2)c1. The molecule has 1 fully saturated rings. The minimum atomic E-state index is -4.71. The number of alkyl halides is 3. The zero-order chi connectivity index (χ0) is 19.7. The Bertz CT molecular complexity index is 810. The van der Waals surface area contributed by atoms with Crippen LogP contribution in [0.3, 0.4) is 0 Å². The molecule has 0 radical (unpaired) electrons. The van der Waals surface area contributed by atoms with Gasteiger partial charge in [0, 0.05) is 18.8 Å². The second-order valence-electron chi connectivity index (χ2n) is 6.14. The fourth-order valence-electron chi connectivity index (χ4n) is 2.83. The number of amides is 1. The van der Waals surface area contributed by atoms with Crippen LogP contribution in [0.25, 0.3) is 0 Å². The first-order valence-corrected chi connectivity index (χ1v) is 9.40. The number of carboxylic acids is 1. The lowest BCUT2D eigenvalue weighted by molar-refractivity contribution is -0.188. The van der Waals surface area contributed by atoms with E-state index in [1.54, 1.807) is 0 Å². The van der Waals surface area contributed by atoms with E-state index in [-0.39, 0.29) is 12.1 Å². The molecule has 1 saturated heterocycles. The molecule has 0 unspecified atom stereocenters. The Kier molecular flexibility index (Phi) is 5.49. The van der Waals surface area contributed by atoms with E-state index in [0.29, 0.717) is 5.56 Å². The number of sulfonamides is 1. The van der Waals surface area contributed by atoms with E-state index in [0.717, 1.165) is 11.2 Å². The van der Waals surface area contributed by atoms with Gasteiger partial charge in [0.15, 0.2) is 0 Å². The Hall–Kier alpha value is -2.30. The highest BCUT2D eigenvalue weighted by molar-refractivity contribution is 7.92. The summed E-state index contributed by atoms with van der Waals surface area (Å²) < 4.78 is 63.6. The van der Waals surface area contributed by atoms with Crippen LogP contribution in [0.2, 0.25) is 0 Å². The lowest BCUT2D eigenvalue weighted by Crippen LogP contribution is -2.34. The van der Waals surface area contributed by atoms with Gasteiger partial charge in [-0.1, -0.05) is 12.1 Å².